The van der Waals surface area contributed by atoms with E-state index in [-0.39, 0.29) is 5.78 Å². The minimum absolute atomic E-state index is 0.0388. The maximum absolute atomic E-state index is 13.0. The molecule has 0 saturated heterocycles. The number of aromatic amines is 1. The van der Waals surface area contributed by atoms with Gasteiger partial charge < -0.3 is 4.98 Å². The molecular formula is C20H14N2OS. The van der Waals surface area contributed by atoms with Gasteiger partial charge in [-0.2, -0.15) is 0 Å². The van der Waals surface area contributed by atoms with Crippen molar-refractivity contribution in [1.29, 1.82) is 0 Å². The van der Waals surface area contributed by atoms with E-state index < -0.39 is 0 Å². The van der Waals surface area contributed by atoms with Crippen LogP contribution in [0.4, 0.5) is 0 Å². The molecule has 116 valence electrons. The van der Waals surface area contributed by atoms with Crippen LogP contribution in [-0.4, -0.2) is 15.8 Å². The molecule has 2 aromatic heterocycles. The molecule has 4 heteroatoms. The number of Topliss-reactive ketones (excluding diaryl/α,β-unsaturated/α-hetero) is 1. The number of para-hydroxylation sites is 2. The molecule has 0 radical (unpaired) electrons. The van der Waals surface area contributed by atoms with E-state index in [0.717, 1.165) is 15.9 Å². The molecule has 1 N–H and O–H groups in total. The molecule has 4 aromatic rings. The lowest BCUT2D eigenvalue weighted by molar-refractivity contribution is 0.105. The Morgan fingerprint density at radius 3 is 2.50 bits per heavy atom. The third kappa shape index (κ3) is 2.79. The summed E-state index contributed by atoms with van der Waals surface area (Å²) in [6.07, 6.45) is 1.90. The number of aromatic nitrogens is 2. The third-order valence-corrected chi connectivity index (χ3v) is 4.57. The molecule has 3 nitrogen and oxygen atoms in total. The number of hydrogen-bond donors (Lipinski definition) is 1. The number of imidazole rings is 1. The first-order valence-corrected chi connectivity index (χ1v) is 8.49. The molecular weight excluding hydrogens is 316 g/mol. The van der Waals surface area contributed by atoms with Crippen molar-refractivity contribution in [2.45, 2.75) is 0 Å². The van der Waals surface area contributed by atoms with Crippen molar-refractivity contribution in [3.63, 3.8) is 0 Å². The van der Waals surface area contributed by atoms with Crippen molar-refractivity contribution >= 4 is 39.8 Å². The van der Waals surface area contributed by atoms with E-state index in [2.05, 4.69) is 9.97 Å². The zero-order valence-electron chi connectivity index (χ0n) is 12.8. The van der Waals surface area contributed by atoms with Gasteiger partial charge in [0.1, 0.15) is 5.82 Å². The second-order valence-corrected chi connectivity index (χ2v) is 6.35. The Labute approximate surface area is 143 Å². The number of nitrogens with one attached hydrogen (secondary N) is 1. The number of fused-ring (bicyclic) bond motifs is 1. The summed E-state index contributed by atoms with van der Waals surface area (Å²) < 4.78 is 0. The van der Waals surface area contributed by atoms with Gasteiger partial charge in [0, 0.05) is 10.4 Å². The molecule has 2 heterocycles. The zero-order valence-corrected chi connectivity index (χ0v) is 13.6. The summed E-state index contributed by atoms with van der Waals surface area (Å²) in [4.78, 5) is 21.9. The van der Waals surface area contributed by atoms with Gasteiger partial charge in [0.25, 0.3) is 0 Å². The maximum atomic E-state index is 13.0. The number of nitrogens with zero attached hydrogens (tertiary/aromatic N) is 1. The van der Waals surface area contributed by atoms with Crippen LogP contribution in [0.15, 0.2) is 72.1 Å². The van der Waals surface area contributed by atoms with Crippen LogP contribution in [0, 0.1) is 0 Å². The summed E-state index contributed by atoms with van der Waals surface area (Å²) in [5.41, 5.74) is 3.00. The van der Waals surface area contributed by atoms with Gasteiger partial charge in [-0.1, -0.05) is 48.5 Å². The van der Waals surface area contributed by atoms with Crippen molar-refractivity contribution < 1.29 is 4.79 Å². The van der Waals surface area contributed by atoms with Gasteiger partial charge in [0.05, 0.1) is 16.6 Å². The van der Waals surface area contributed by atoms with Crippen LogP contribution < -0.4 is 0 Å². The summed E-state index contributed by atoms with van der Waals surface area (Å²) in [6, 6.07) is 21.0. The highest BCUT2D eigenvalue weighted by atomic mass is 32.1. The molecule has 0 aliphatic carbocycles. The molecule has 24 heavy (non-hydrogen) atoms. The highest BCUT2D eigenvalue weighted by Gasteiger charge is 2.18. The Kier molecular flexibility index (Phi) is 3.81. The molecule has 0 aliphatic rings. The van der Waals surface area contributed by atoms with Gasteiger partial charge in [-0.25, -0.2) is 4.98 Å². The Morgan fingerprint density at radius 1 is 0.958 bits per heavy atom. The maximum Gasteiger partial charge on any atom is 0.196 e. The average molecular weight is 330 g/mol. The van der Waals surface area contributed by atoms with Crippen LogP contribution in [0.3, 0.4) is 0 Å². The van der Waals surface area contributed by atoms with E-state index in [1.54, 1.807) is 11.3 Å². The number of hydrogen-bond acceptors (Lipinski definition) is 3. The number of carbonyl (C=O) groups is 1. The number of benzene rings is 2. The van der Waals surface area contributed by atoms with Gasteiger partial charge in [0.15, 0.2) is 5.78 Å². The van der Waals surface area contributed by atoms with Crippen LogP contribution >= 0.6 is 11.3 Å². The molecule has 0 spiro atoms. The molecule has 0 atom stereocenters. The van der Waals surface area contributed by atoms with Crippen LogP contribution in [0.25, 0.3) is 22.7 Å². The van der Waals surface area contributed by atoms with Gasteiger partial charge in [-0.15, -0.1) is 11.3 Å². The van der Waals surface area contributed by atoms with Crippen molar-refractivity contribution in [1.82, 2.24) is 9.97 Å². The van der Waals surface area contributed by atoms with Crippen molar-refractivity contribution in [3.8, 4) is 0 Å². The van der Waals surface area contributed by atoms with E-state index in [1.165, 1.54) is 0 Å². The summed E-state index contributed by atoms with van der Waals surface area (Å²) >= 11 is 1.60. The topological polar surface area (TPSA) is 45.8 Å². The Balaban J connectivity index is 1.86. The lowest BCUT2D eigenvalue weighted by Gasteiger charge is -2.04. The Morgan fingerprint density at radius 2 is 1.75 bits per heavy atom. The standard InChI is InChI=1S/C20H14N2OS/c23-19(14-7-2-1-3-8-14)16(13-15-9-6-12-24-15)20-21-17-10-4-5-11-18(17)22-20/h1-13H,(H,21,22). The number of H-pyrrole nitrogens is 1. The molecule has 0 bridgehead atoms. The fraction of sp³-hybridized carbons (Fsp3) is 0. The largest absolute Gasteiger partial charge is 0.338 e. The highest BCUT2D eigenvalue weighted by molar-refractivity contribution is 7.11. The first-order valence-electron chi connectivity index (χ1n) is 7.61. The summed E-state index contributed by atoms with van der Waals surface area (Å²) in [5.74, 6) is 0.557. The number of allylic oxidation sites excluding steroid dienone is 1. The zero-order chi connectivity index (χ0) is 16.4. The molecule has 4 rings (SSSR count). The van der Waals surface area contributed by atoms with Crippen molar-refractivity contribution in [3.05, 3.63) is 88.4 Å². The number of carbonyl (C=O) groups excluding carboxylic acids is 1. The molecule has 0 saturated carbocycles. The molecule has 0 unspecified atom stereocenters. The van der Waals surface area contributed by atoms with E-state index in [9.17, 15) is 4.79 Å². The monoisotopic (exact) mass is 330 g/mol. The van der Waals surface area contributed by atoms with E-state index in [4.69, 9.17) is 0 Å². The van der Waals surface area contributed by atoms with Gasteiger partial charge >= 0.3 is 0 Å². The molecule has 0 aliphatic heterocycles. The van der Waals surface area contributed by atoms with Crippen molar-refractivity contribution in [2.75, 3.05) is 0 Å². The van der Waals surface area contributed by atoms with E-state index in [1.807, 2.05) is 78.2 Å². The molecule has 2 aromatic carbocycles. The Hall–Kier alpha value is -2.98. The quantitative estimate of drug-likeness (QED) is 0.420. The summed E-state index contributed by atoms with van der Waals surface area (Å²) in [5, 5.41) is 2.00. The molecule has 0 amide bonds. The fourth-order valence-corrected chi connectivity index (χ4v) is 3.24. The first kappa shape index (κ1) is 14.6. The van der Waals surface area contributed by atoms with Crippen molar-refractivity contribution in [2.24, 2.45) is 0 Å². The van der Waals surface area contributed by atoms with Crippen LogP contribution in [0.1, 0.15) is 21.1 Å². The minimum atomic E-state index is -0.0388. The lowest BCUT2D eigenvalue weighted by atomic mass is 10.0. The average Bonchev–Trinajstić information content (AvgIpc) is 3.29. The van der Waals surface area contributed by atoms with Crippen LogP contribution in [0.2, 0.25) is 0 Å². The first-order chi connectivity index (χ1) is 11.8. The van der Waals surface area contributed by atoms with Gasteiger partial charge in [0.2, 0.25) is 0 Å². The summed E-state index contributed by atoms with van der Waals surface area (Å²) in [6.45, 7) is 0. The number of rotatable bonds is 4. The normalized spacial score (nSPS) is 11.8. The predicted molar refractivity (Wildman–Crippen MR) is 99.1 cm³/mol. The van der Waals surface area contributed by atoms with E-state index >= 15 is 0 Å². The summed E-state index contributed by atoms with van der Waals surface area (Å²) in [7, 11) is 0. The van der Waals surface area contributed by atoms with Gasteiger partial charge in [-0.3, -0.25) is 4.79 Å². The lowest BCUT2D eigenvalue weighted by Crippen LogP contribution is -2.04. The van der Waals surface area contributed by atoms with Gasteiger partial charge in [-0.05, 0) is 29.7 Å². The van der Waals surface area contributed by atoms with E-state index in [0.29, 0.717) is 17.0 Å². The molecule has 0 fully saturated rings. The number of ketones is 1. The Bertz CT molecular complexity index is 981. The fourth-order valence-electron chi connectivity index (χ4n) is 2.58. The smallest absolute Gasteiger partial charge is 0.196 e. The van der Waals surface area contributed by atoms with Crippen LogP contribution in [-0.2, 0) is 0 Å². The SMILES string of the molecule is O=C(C(=Cc1cccs1)c1nc2ccccc2[nH]1)c1ccccc1. The third-order valence-electron chi connectivity index (χ3n) is 3.75. The highest BCUT2D eigenvalue weighted by Crippen LogP contribution is 2.25. The predicted octanol–water partition coefficient (Wildman–Crippen LogP) is 5.05. The second kappa shape index (κ2) is 6.26. The minimum Gasteiger partial charge on any atom is -0.338 e. The number of thiophene rings is 1. The van der Waals surface area contributed by atoms with Crippen LogP contribution in [0.5, 0.6) is 0 Å². The second-order valence-electron chi connectivity index (χ2n) is 5.37.